The number of esters is 1. The van der Waals surface area contributed by atoms with E-state index in [1.807, 2.05) is 19.1 Å². The number of methoxy groups -OCH3 is 1. The lowest BCUT2D eigenvalue weighted by Gasteiger charge is -2.15. The summed E-state index contributed by atoms with van der Waals surface area (Å²) in [5.41, 5.74) is 0. The van der Waals surface area contributed by atoms with E-state index in [-0.39, 0.29) is 24.7 Å². The lowest BCUT2D eigenvalue weighted by atomic mass is 10.3. The molecule has 0 bridgehead atoms. The molecule has 0 aliphatic heterocycles. The van der Waals surface area contributed by atoms with Gasteiger partial charge in [0.1, 0.15) is 11.5 Å². The van der Waals surface area contributed by atoms with Crippen molar-refractivity contribution in [3.05, 3.63) is 23.7 Å². The molecule has 0 radical (unpaired) electrons. The van der Waals surface area contributed by atoms with E-state index in [0.29, 0.717) is 6.54 Å². The maximum atomic E-state index is 11.7. The van der Waals surface area contributed by atoms with Crippen molar-refractivity contribution >= 4 is 11.9 Å². The number of aryl methyl sites for hydroxylation is 1. The first-order valence-corrected chi connectivity index (χ1v) is 5.39. The molecule has 1 aromatic rings. The molecule has 1 amide bonds. The van der Waals surface area contributed by atoms with Crippen molar-refractivity contribution in [3.63, 3.8) is 0 Å². The number of carbonyl (C=O) groups excluding carboxylic acids is 2. The quantitative estimate of drug-likeness (QED) is 0.730. The molecule has 0 aliphatic carbocycles. The van der Waals surface area contributed by atoms with Crippen molar-refractivity contribution in [2.24, 2.45) is 0 Å². The number of hydrogen-bond acceptors (Lipinski definition) is 4. The Kier molecular flexibility index (Phi) is 4.75. The van der Waals surface area contributed by atoms with Crippen LogP contribution in [0.1, 0.15) is 24.4 Å². The molecule has 5 nitrogen and oxygen atoms in total. The van der Waals surface area contributed by atoms with E-state index in [9.17, 15) is 9.59 Å². The fourth-order valence-corrected chi connectivity index (χ4v) is 1.39. The average Bonchev–Trinajstić information content (AvgIpc) is 2.70. The van der Waals surface area contributed by atoms with Crippen molar-refractivity contribution in [1.82, 2.24) is 4.90 Å². The van der Waals surface area contributed by atoms with Crippen LogP contribution in [0.15, 0.2) is 16.5 Å². The molecule has 0 fully saturated rings. The van der Waals surface area contributed by atoms with Crippen molar-refractivity contribution in [2.45, 2.75) is 26.3 Å². The minimum Gasteiger partial charge on any atom is -0.469 e. The third-order valence-corrected chi connectivity index (χ3v) is 2.39. The Hall–Kier alpha value is -1.78. The van der Waals surface area contributed by atoms with Gasteiger partial charge in [0.15, 0.2) is 0 Å². The van der Waals surface area contributed by atoms with Gasteiger partial charge in [0.2, 0.25) is 5.91 Å². The fraction of sp³-hybridized carbons (Fsp3) is 0.500. The summed E-state index contributed by atoms with van der Waals surface area (Å²) in [7, 11) is 2.99. The first-order chi connectivity index (χ1) is 8.02. The first kappa shape index (κ1) is 13.3. The van der Waals surface area contributed by atoms with E-state index in [1.54, 1.807) is 7.05 Å². The molecule has 5 heteroatoms. The van der Waals surface area contributed by atoms with Crippen LogP contribution in [0, 0.1) is 6.92 Å². The summed E-state index contributed by atoms with van der Waals surface area (Å²) in [4.78, 5) is 24.1. The number of furan rings is 1. The van der Waals surface area contributed by atoms with Gasteiger partial charge >= 0.3 is 5.97 Å². The van der Waals surface area contributed by atoms with Crippen LogP contribution in [0.5, 0.6) is 0 Å². The smallest absolute Gasteiger partial charge is 0.306 e. The highest BCUT2D eigenvalue weighted by Crippen LogP contribution is 2.09. The normalized spacial score (nSPS) is 10.1. The summed E-state index contributed by atoms with van der Waals surface area (Å²) < 4.78 is 9.84. The van der Waals surface area contributed by atoms with Crippen LogP contribution in [-0.2, 0) is 20.9 Å². The molecule has 0 aromatic carbocycles. The number of rotatable bonds is 5. The van der Waals surface area contributed by atoms with Crippen LogP contribution in [0.2, 0.25) is 0 Å². The van der Waals surface area contributed by atoms with Gasteiger partial charge in [-0.1, -0.05) is 0 Å². The van der Waals surface area contributed by atoms with Gasteiger partial charge in [0.25, 0.3) is 0 Å². The molecule has 1 heterocycles. The summed E-state index contributed by atoms with van der Waals surface area (Å²) in [6.07, 6.45) is 0.264. The van der Waals surface area contributed by atoms with Gasteiger partial charge in [0.05, 0.1) is 20.1 Å². The van der Waals surface area contributed by atoms with Crippen LogP contribution < -0.4 is 0 Å². The van der Waals surface area contributed by atoms with Gasteiger partial charge in [-0.25, -0.2) is 0 Å². The Bertz CT molecular complexity index is 397. The standard InChI is InChI=1S/C12H17NO4/c1-9-4-5-10(17-9)8-13(2)11(14)6-7-12(15)16-3/h4-5H,6-8H2,1-3H3. The molecule has 0 N–H and O–H groups in total. The second-order valence-corrected chi connectivity index (χ2v) is 3.84. The second kappa shape index (κ2) is 6.08. The molecule has 0 saturated carbocycles. The Morgan fingerprint density at radius 2 is 2.06 bits per heavy atom. The SMILES string of the molecule is COC(=O)CCC(=O)N(C)Cc1ccc(C)o1. The lowest BCUT2D eigenvalue weighted by molar-refractivity contribution is -0.143. The number of carbonyl (C=O) groups is 2. The Morgan fingerprint density at radius 3 is 2.59 bits per heavy atom. The molecule has 17 heavy (non-hydrogen) atoms. The highest BCUT2D eigenvalue weighted by atomic mass is 16.5. The van der Waals surface area contributed by atoms with Gasteiger partial charge in [-0.15, -0.1) is 0 Å². The van der Waals surface area contributed by atoms with Gasteiger partial charge in [-0.2, -0.15) is 0 Å². The van der Waals surface area contributed by atoms with Crippen LogP contribution in [-0.4, -0.2) is 30.9 Å². The van der Waals surface area contributed by atoms with E-state index in [4.69, 9.17) is 4.42 Å². The minimum atomic E-state index is -0.374. The Morgan fingerprint density at radius 1 is 1.35 bits per heavy atom. The zero-order valence-electron chi connectivity index (χ0n) is 10.4. The summed E-state index contributed by atoms with van der Waals surface area (Å²) in [6, 6.07) is 3.68. The predicted octanol–water partition coefficient (Wildman–Crippen LogP) is 1.50. The average molecular weight is 239 g/mol. The van der Waals surface area contributed by atoms with E-state index in [1.165, 1.54) is 12.0 Å². The minimum absolute atomic E-state index is 0.107. The highest BCUT2D eigenvalue weighted by Gasteiger charge is 2.13. The predicted molar refractivity (Wildman–Crippen MR) is 61.2 cm³/mol. The number of ether oxygens (including phenoxy) is 1. The summed E-state index contributed by atoms with van der Waals surface area (Å²) >= 11 is 0. The van der Waals surface area contributed by atoms with Crippen LogP contribution >= 0.6 is 0 Å². The summed E-state index contributed by atoms with van der Waals surface area (Å²) in [6.45, 7) is 2.26. The van der Waals surface area contributed by atoms with Crippen LogP contribution in [0.4, 0.5) is 0 Å². The number of hydrogen-bond donors (Lipinski definition) is 0. The first-order valence-electron chi connectivity index (χ1n) is 5.39. The third kappa shape index (κ3) is 4.30. The van der Waals surface area contributed by atoms with E-state index >= 15 is 0 Å². The zero-order valence-corrected chi connectivity index (χ0v) is 10.4. The molecule has 1 aromatic heterocycles. The molecular formula is C12H17NO4. The molecule has 0 atom stereocenters. The number of amides is 1. The summed E-state index contributed by atoms with van der Waals surface area (Å²) in [5, 5.41) is 0. The molecule has 94 valence electrons. The number of nitrogens with zero attached hydrogens (tertiary/aromatic N) is 1. The molecule has 0 aliphatic rings. The maximum Gasteiger partial charge on any atom is 0.306 e. The van der Waals surface area contributed by atoms with Gasteiger partial charge in [-0.05, 0) is 19.1 Å². The Labute approximate surface area is 100 Å². The van der Waals surface area contributed by atoms with Gasteiger partial charge in [-0.3, -0.25) is 9.59 Å². The molecule has 0 spiro atoms. The van der Waals surface area contributed by atoms with Crippen molar-refractivity contribution in [2.75, 3.05) is 14.2 Å². The highest BCUT2D eigenvalue weighted by molar-refractivity contribution is 5.81. The molecule has 0 unspecified atom stereocenters. The third-order valence-electron chi connectivity index (χ3n) is 2.39. The largest absolute Gasteiger partial charge is 0.469 e. The van der Waals surface area contributed by atoms with Gasteiger partial charge in [0, 0.05) is 13.5 Å². The van der Waals surface area contributed by atoms with Crippen molar-refractivity contribution in [1.29, 1.82) is 0 Å². The topological polar surface area (TPSA) is 59.8 Å². The Balaban J connectivity index is 2.39. The van der Waals surface area contributed by atoms with Crippen molar-refractivity contribution < 1.29 is 18.7 Å². The van der Waals surface area contributed by atoms with E-state index in [2.05, 4.69) is 4.74 Å². The molecule has 0 saturated heterocycles. The second-order valence-electron chi connectivity index (χ2n) is 3.84. The summed E-state index contributed by atoms with van der Waals surface area (Å²) in [5.74, 6) is 1.07. The van der Waals surface area contributed by atoms with E-state index in [0.717, 1.165) is 11.5 Å². The zero-order chi connectivity index (χ0) is 12.8. The van der Waals surface area contributed by atoms with Crippen molar-refractivity contribution in [3.8, 4) is 0 Å². The monoisotopic (exact) mass is 239 g/mol. The van der Waals surface area contributed by atoms with Crippen LogP contribution in [0.3, 0.4) is 0 Å². The van der Waals surface area contributed by atoms with Crippen LogP contribution in [0.25, 0.3) is 0 Å². The molecule has 1 rings (SSSR count). The van der Waals surface area contributed by atoms with Gasteiger partial charge < -0.3 is 14.1 Å². The maximum absolute atomic E-state index is 11.7. The van der Waals surface area contributed by atoms with E-state index < -0.39 is 0 Å². The lowest BCUT2D eigenvalue weighted by Crippen LogP contribution is -2.26. The fourth-order valence-electron chi connectivity index (χ4n) is 1.39. The molecular weight excluding hydrogens is 222 g/mol.